The zero-order valence-electron chi connectivity index (χ0n) is 15.1. The number of aliphatic hydroxyl groups is 2. The molecule has 2 N–H and O–H groups in total. The Morgan fingerprint density at radius 1 is 0.727 bits per heavy atom. The van der Waals surface area contributed by atoms with Gasteiger partial charge in [0, 0.05) is 6.20 Å². The highest BCUT2D eigenvalue weighted by Crippen LogP contribution is 2.12. The normalized spacial score (nSPS) is 14.4. The second-order valence-corrected chi connectivity index (χ2v) is 6.42. The molecule has 22 heavy (non-hydrogen) atoms. The summed E-state index contributed by atoms with van der Waals surface area (Å²) in [5.74, 6) is 0. The Hall–Kier alpha value is -0.540. The van der Waals surface area contributed by atoms with Crippen LogP contribution in [0.25, 0.3) is 0 Å². The predicted octanol–water partition coefficient (Wildman–Crippen LogP) is 5.18. The van der Waals surface area contributed by atoms with Crippen molar-refractivity contribution in [2.75, 3.05) is 0 Å². The van der Waals surface area contributed by atoms with E-state index in [1.807, 2.05) is 12.3 Å². The van der Waals surface area contributed by atoms with Crippen LogP contribution in [-0.2, 0) is 0 Å². The molecule has 2 atom stereocenters. The van der Waals surface area contributed by atoms with Gasteiger partial charge in [-0.05, 0) is 26.7 Å². The van der Waals surface area contributed by atoms with E-state index in [4.69, 9.17) is 0 Å². The molecule has 3 heteroatoms. The summed E-state index contributed by atoms with van der Waals surface area (Å²) in [4.78, 5) is 1.55. The van der Waals surface area contributed by atoms with Crippen molar-refractivity contribution in [2.45, 2.75) is 110 Å². The molecule has 0 saturated carbocycles. The van der Waals surface area contributed by atoms with Gasteiger partial charge in [0.15, 0.2) is 0 Å². The zero-order valence-corrected chi connectivity index (χ0v) is 15.1. The monoisotopic (exact) mass is 313 g/mol. The van der Waals surface area contributed by atoms with Crippen molar-refractivity contribution in [3.05, 3.63) is 12.3 Å². The Balaban J connectivity index is 3.36. The number of aliphatic hydroxyl groups excluding tert-OH is 2. The molecule has 132 valence electrons. The maximum absolute atomic E-state index is 9.49. The van der Waals surface area contributed by atoms with Crippen molar-refractivity contribution in [1.82, 2.24) is 4.90 Å². The standard InChI is InChI=1S/C19H39NO2/c1-4-5-6-7-8-9-10-11-12-13-14-15-16-17-20(18(2)21)19(3)22/h16-19,21-22H,4-15H2,1-3H3. The Kier molecular flexibility index (Phi) is 15.0. The van der Waals surface area contributed by atoms with Gasteiger partial charge >= 0.3 is 0 Å². The van der Waals surface area contributed by atoms with E-state index >= 15 is 0 Å². The molecule has 0 aromatic carbocycles. The maximum atomic E-state index is 9.49. The molecular weight excluding hydrogens is 274 g/mol. The molecule has 0 aliphatic rings. The van der Waals surface area contributed by atoms with Crippen LogP contribution in [0.3, 0.4) is 0 Å². The first-order valence-electron chi connectivity index (χ1n) is 9.39. The fourth-order valence-corrected chi connectivity index (χ4v) is 2.68. The Bertz CT molecular complexity index is 244. The smallest absolute Gasteiger partial charge is 0.125 e. The Morgan fingerprint density at radius 2 is 1.14 bits per heavy atom. The van der Waals surface area contributed by atoms with Crippen LogP contribution in [0.1, 0.15) is 97.8 Å². The molecule has 0 spiro atoms. The summed E-state index contributed by atoms with van der Waals surface area (Å²) in [6.07, 6.45) is 18.5. The summed E-state index contributed by atoms with van der Waals surface area (Å²) >= 11 is 0. The van der Waals surface area contributed by atoms with Crippen molar-refractivity contribution in [3.63, 3.8) is 0 Å². The highest BCUT2D eigenvalue weighted by atomic mass is 16.3. The SMILES string of the molecule is CCCCCCCCCCCCCC=CN(C(C)O)C(C)O. The van der Waals surface area contributed by atoms with Crippen LogP contribution >= 0.6 is 0 Å². The molecule has 0 aliphatic carbocycles. The molecular formula is C19H39NO2. The van der Waals surface area contributed by atoms with Gasteiger partial charge in [-0.15, -0.1) is 0 Å². The Labute approximate surface area is 138 Å². The molecule has 2 unspecified atom stereocenters. The van der Waals surface area contributed by atoms with E-state index in [1.54, 1.807) is 18.7 Å². The van der Waals surface area contributed by atoms with E-state index in [-0.39, 0.29) is 0 Å². The van der Waals surface area contributed by atoms with Gasteiger partial charge < -0.3 is 15.1 Å². The number of rotatable bonds is 15. The average Bonchev–Trinajstić information content (AvgIpc) is 2.46. The van der Waals surface area contributed by atoms with Gasteiger partial charge in [0.25, 0.3) is 0 Å². The molecule has 0 aliphatic heterocycles. The molecule has 0 radical (unpaired) electrons. The number of nitrogens with zero attached hydrogens (tertiary/aromatic N) is 1. The lowest BCUT2D eigenvalue weighted by molar-refractivity contribution is -0.0513. The minimum atomic E-state index is -0.645. The van der Waals surface area contributed by atoms with E-state index < -0.39 is 12.5 Å². The molecule has 3 nitrogen and oxygen atoms in total. The minimum Gasteiger partial charge on any atom is -0.374 e. The molecule has 0 aromatic rings. The molecule has 0 heterocycles. The quantitative estimate of drug-likeness (QED) is 0.323. The third-order valence-corrected chi connectivity index (χ3v) is 4.11. The van der Waals surface area contributed by atoms with Crippen LogP contribution in [0.4, 0.5) is 0 Å². The van der Waals surface area contributed by atoms with Crippen LogP contribution in [-0.4, -0.2) is 27.6 Å². The highest BCUT2D eigenvalue weighted by Gasteiger charge is 2.10. The number of hydrogen-bond acceptors (Lipinski definition) is 3. The van der Waals surface area contributed by atoms with Gasteiger partial charge in [0.1, 0.15) is 12.5 Å². The van der Waals surface area contributed by atoms with E-state index in [2.05, 4.69) is 6.92 Å². The van der Waals surface area contributed by atoms with Crippen LogP contribution in [0.2, 0.25) is 0 Å². The fraction of sp³-hybridized carbons (Fsp3) is 0.895. The number of allylic oxidation sites excluding steroid dienone is 1. The second-order valence-electron chi connectivity index (χ2n) is 6.42. The summed E-state index contributed by atoms with van der Waals surface area (Å²) < 4.78 is 0. The van der Waals surface area contributed by atoms with Crippen molar-refractivity contribution < 1.29 is 10.2 Å². The average molecular weight is 314 g/mol. The lowest BCUT2D eigenvalue weighted by Crippen LogP contribution is -2.35. The maximum Gasteiger partial charge on any atom is 0.125 e. The molecule has 0 bridgehead atoms. The van der Waals surface area contributed by atoms with Gasteiger partial charge in [0.2, 0.25) is 0 Å². The van der Waals surface area contributed by atoms with E-state index in [9.17, 15) is 10.2 Å². The first kappa shape index (κ1) is 21.5. The molecule has 0 saturated heterocycles. The fourth-order valence-electron chi connectivity index (χ4n) is 2.68. The van der Waals surface area contributed by atoms with Crippen LogP contribution in [0.5, 0.6) is 0 Å². The highest BCUT2D eigenvalue weighted by molar-refractivity contribution is 4.83. The number of unbranched alkanes of at least 4 members (excludes halogenated alkanes) is 11. The lowest BCUT2D eigenvalue weighted by Gasteiger charge is -2.26. The van der Waals surface area contributed by atoms with Crippen LogP contribution in [0.15, 0.2) is 12.3 Å². The van der Waals surface area contributed by atoms with Gasteiger partial charge in [-0.3, -0.25) is 0 Å². The van der Waals surface area contributed by atoms with Crippen molar-refractivity contribution >= 4 is 0 Å². The van der Waals surface area contributed by atoms with Gasteiger partial charge in [-0.25, -0.2) is 0 Å². The first-order chi connectivity index (χ1) is 10.6. The van der Waals surface area contributed by atoms with Gasteiger partial charge in [-0.2, -0.15) is 0 Å². The summed E-state index contributed by atoms with van der Waals surface area (Å²) in [6.45, 7) is 5.60. The van der Waals surface area contributed by atoms with E-state index in [0.717, 1.165) is 6.42 Å². The van der Waals surface area contributed by atoms with Crippen molar-refractivity contribution in [3.8, 4) is 0 Å². The van der Waals surface area contributed by atoms with Crippen molar-refractivity contribution in [2.24, 2.45) is 0 Å². The molecule has 0 fully saturated rings. The lowest BCUT2D eigenvalue weighted by atomic mass is 10.1. The third-order valence-electron chi connectivity index (χ3n) is 4.11. The second kappa shape index (κ2) is 15.4. The largest absolute Gasteiger partial charge is 0.374 e. The summed E-state index contributed by atoms with van der Waals surface area (Å²) in [5.41, 5.74) is 0. The van der Waals surface area contributed by atoms with Gasteiger partial charge in [-0.1, -0.05) is 77.2 Å². The topological polar surface area (TPSA) is 43.7 Å². The van der Waals surface area contributed by atoms with Crippen LogP contribution < -0.4 is 0 Å². The van der Waals surface area contributed by atoms with Crippen LogP contribution in [0, 0.1) is 0 Å². The summed E-state index contributed by atoms with van der Waals surface area (Å²) in [6, 6.07) is 0. The summed E-state index contributed by atoms with van der Waals surface area (Å²) in [7, 11) is 0. The van der Waals surface area contributed by atoms with E-state index in [1.165, 1.54) is 70.6 Å². The van der Waals surface area contributed by atoms with Gasteiger partial charge in [0.05, 0.1) is 0 Å². The molecule has 0 aromatic heterocycles. The van der Waals surface area contributed by atoms with E-state index in [0.29, 0.717) is 0 Å². The number of hydrogen-bond donors (Lipinski definition) is 2. The predicted molar refractivity (Wildman–Crippen MR) is 95.4 cm³/mol. The Morgan fingerprint density at radius 3 is 1.55 bits per heavy atom. The molecule has 0 amide bonds. The zero-order chi connectivity index (χ0) is 16.6. The van der Waals surface area contributed by atoms with Crippen molar-refractivity contribution in [1.29, 1.82) is 0 Å². The molecule has 0 rings (SSSR count). The third kappa shape index (κ3) is 13.1. The minimum absolute atomic E-state index is 0.645. The first-order valence-corrected chi connectivity index (χ1v) is 9.39. The summed E-state index contributed by atoms with van der Waals surface area (Å²) in [5, 5.41) is 19.0.